The molecule has 0 fully saturated rings. The number of benzene rings is 1. The first-order valence-corrected chi connectivity index (χ1v) is 5.56. The third-order valence-electron chi connectivity index (χ3n) is 2.37. The predicted octanol–water partition coefficient (Wildman–Crippen LogP) is 3.15. The van der Waals surface area contributed by atoms with Crippen molar-refractivity contribution in [3.63, 3.8) is 0 Å². The molecule has 0 saturated heterocycles. The predicted molar refractivity (Wildman–Crippen MR) is 66.2 cm³/mol. The molecule has 0 atom stereocenters. The van der Waals surface area contributed by atoms with Gasteiger partial charge in [-0.05, 0) is 49.6 Å². The van der Waals surface area contributed by atoms with Gasteiger partial charge in [0.1, 0.15) is 12.4 Å². The maximum atomic E-state index is 5.22. The van der Waals surface area contributed by atoms with Crippen molar-refractivity contribution in [2.24, 2.45) is 5.16 Å². The minimum Gasteiger partial charge on any atom is -0.496 e. The van der Waals surface area contributed by atoms with Crippen molar-refractivity contribution >= 4 is 5.71 Å². The van der Waals surface area contributed by atoms with Gasteiger partial charge in [0.15, 0.2) is 0 Å². The van der Waals surface area contributed by atoms with Gasteiger partial charge in [0.05, 0.1) is 12.8 Å². The summed E-state index contributed by atoms with van der Waals surface area (Å²) in [6, 6.07) is 6.04. The quantitative estimate of drug-likeness (QED) is 0.565. The van der Waals surface area contributed by atoms with Gasteiger partial charge in [-0.15, -0.1) is 0 Å². The summed E-state index contributed by atoms with van der Waals surface area (Å²) in [6.45, 7) is 6.61. The first-order chi connectivity index (χ1) is 7.72. The van der Waals surface area contributed by atoms with Crippen LogP contribution in [-0.2, 0) is 4.84 Å². The van der Waals surface area contributed by atoms with Crippen LogP contribution in [0.25, 0.3) is 0 Å². The van der Waals surface area contributed by atoms with Crippen LogP contribution in [0.1, 0.15) is 31.4 Å². The molecule has 1 rings (SSSR count). The van der Waals surface area contributed by atoms with Crippen molar-refractivity contribution in [1.29, 1.82) is 0 Å². The number of ether oxygens (including phenoxy) is 1. The van der Waals surface area contributed by atoms with E-state index in [4.69, 9.17) is 9.57 Å². The third-order valence-corrected chi connectivity index (χ3v) is 2.37. The van der Waals surface area contributed by atoms with Crippen LogP contribution in [0.2, 0.25) is 0 Å². The summed E-state index contributed by atoms with van der Waals surface area (Å²) in [5, 5.41) is 4.10. The summed E-state index contributed by atoms with van der Waals surface area (Å²) in [7, 11) is 1.68. The molecular formula is C13H19NO2. The van der Waals surface area contributed by atoms with Crippen LogP contribution in [-0.4, -0.2) is 19.4 Å². The molecule has 88 valence electrons. The zero-order valence-electron chi connectivity index (χ0n) is 10.4. The smallest absolute Gasteiger partial charge is 0.121 e. The van der Waals surface area contributed by atoms with Crippen LogP contribution in [0.15, 0.2) is 23.4 Å². The van der Waals surface area contributed by atoms with Gasteiger partial charge in [0.25, 0.3) is 0 Å². The Balaban J connectivity index is 2.98. The van der Waals surface area contributed by atoms with Gasteiger partial charge in [0, 0.05) is 0 Å². The number of hydrogen-bond donors (Lipinski definition) is 0. The van der Waals surface area contributed by atoms with Crippen LogP contribution in [0.5, 0.6) is 5.75 Å². The molecular weight excluding hydrogens is 202 g/mol. The van der Waals surface area contributed by atoms with Gasteiger partial charge in [-0.1, -0.05) is 12.1 Å². The summed E-state index contributed by atoms with van der Waals surface area (Å²) in [4.78, 5) is 5.09. The molecule has 0 aromatic heterocycles. The summed E-state index contributed by atoms with van der Waals surface area (Å²) in [5.41, 5.74) is 3.17. The molecule has 3 heteroatoms. The van der Waals surface area contributed by atoms with E-state index in [0.29, 0.717) is 6.61 Å². The maximum absolute atomic E-state index is 5.22. The average molecular weight is 221 g/mol. The summed E-state index contributed by atoms with van der Waals surface area (Å²) in [6.07, 6.45) is 0.853. The molecule has 0 spiro atoms. The minimum absolute atomic E-state index is 0.596. The molecule has 0 radical (unpaired) electrons. The summed E-state index contributed by atoms with van der Waals surface area (Å²) in [5.74, 6) is 0.899. The zero-order valence-corrected chi connectivity index (χ0v) is 10.4. The third kappa shape index (κ3) is 2.99. The van der Waals surface area contributed by atoms with E-state index in [1.54, 1.807) is 7.11 Å². The second-order valence-electron chi connectivity index (χ2n) is 3.49. The van der Waals surface area contributed by atoms with Crippen molar-refractivity contribution in [1.82, 2.24) is 0 Å². The van der Waals surface area contributed by atoms with Crippen LogP contribution in [0, 0.1) is 6.92 Å². The Kier molecular flexibility index (Phi) is 4.83. The normalized spacial score (nSPS) is 11.4. The first kappa shape index (κ1) is 12.6. The van der Waals surface area contributed by atoms with Gasteiger partial charge < -0.3 is 9.57 Å². The van der Waals surface area contributed by atoms with Crippen molar-refractivity contribution in [2.45, 2.75) is 27.2 Å². The van der Waals surface area contributed by atoms with Crippen LogP contribution in [0.4, 0.5) is 0 Å². The Labute approximate surface area is 97.1 Å². The minimum atomic E-state index is 0.596. The van der Waals surface area contributed by atoms with Gasteiger partial charge in [-0.2, -0.15) is 0 Å². The molecule has 3 nitrogen and oxygen atoms in total. The van der Waals surface area contributed by atoms with Crippen LogP contribution >= 0.6 is 0 Å². The molecule has 0 bridgehead atoms. The standard InChI is InChI=1S/C13H19NO2/c1-5-12(14-16-6-2)11-7-8-13(15-4)10(3)9-11/h7-9H,5-6H2,1-4H3. The second-order valence-corrected chi connectivity index (χ2v) is 3.49. The van der Waals surface area contributed by atoms with E-state index in [1.165, 1.54) is 0 Å². The Morgan fingerprint density at radius 3 is 2.56 bits per heavy atom. The lowest BCUT2D eigenvalue weighted by molar-refractivity contribution is 0.158. The Bertz CT molecular complexity index is 372. The fraction of sp³-hybridized carbons (Fsp3) is 0.462. The highest BCUT2D eigenvalue weighted by molar-refractivity contribution is 6.00. The molecule has 0 aliphatic heterocycles. The van der Waals surface area contributed by atoms with E-state index in [9.17, 15) is 0 Å². The van der Waals surface area contributed by atoms with E-state index >= 15 is 0 Å². The highest BCUT2D eigenvalue weighted by Crippen LogP contribution is 2.19. The molecule has 1 aromatic rings. The molecule has 0 N–H and O–H groups in total. The van der Waals surface area contributed by atoms with Gasteiger partial charge in [-0.3, -0.25) is 0 Å². The van der Waals surface area contributed by atoms with E-state index in [1.807, 2.05) is 26.0 Å². The van der Waals surface area contributed by atoms with Crippen LogP contribution in [0.3, 0.4) is 0 Å². The Morgan fingerprint density at radius 1 is 1.31 bits per heavy atom. The zero-order chi connectivity index (χ0) is 12.0. The van der Waals surface area contributed by atoms with Crippen molar-refractivity contribution in [3.8, 4) is 5.75 Å². The lowest BCUT2D eigenvalue weighted by Crippen LogP contribution is -2.01. The monoisotopic (exact) mass is 221 g/mol. The number of aryl methyl sites for hydroxylation is 1. The van der Waals surface area contributed by atoms with E-state index in [2.05, 4.69) is 18.1 Å². The molecule has 0 aliphatic rings. The number of hydrogen-bond acceptors (Lipinski definition) is 3. The molecule has 16 heavy (non-hydrogen) atoms. The van der Waals surface area contributed by atoms with Gasteiger partial charge in [-0.25, -0.2) is 0 Å². The number of rotatable bonds is 5. The van der Waals surface area contributed by atoms with E-state index in [0.717, 1.165) is 29.0 Å². The Morgan fingerprint density at radius 2 is 2.06 bits per heavy atom. The van der Waals surface area contributed by atoms with Crippen LogP contribution < -0.4 is 4.74 Å². The van der Waals surface area contributed by atoms with E-state index in [-0.39, 0.29) is 0 Å². The molecule has 0 unspecified atom stereocenters. The van der Waals surface area contributed by atoms with Crippen molar-refractivity contribution < 1.29 is 9.57 Å². The number of methoxy groups -OCH3 is 1. The molecule has 0 amide bonds. The van der Waals surface area contributed by atoms with Crippen molar-refractivity contribution in [2.75, 3.05) is 13.7 Å². The lowest BCUT2D eigenvalue weighted by Gasteiger charge is -2.08. The topological polar surface area (TPSA) is 30.8 Å². The van der Waals surface area contributed by atoms with Crippen molar-refractivity contribution in [3.05, 3.63) is 29.3 Å². The first-order valence-electron chi connectivity index (χ1n) is 5.56. The molecule has 1 aromatic carbocycles. The summed E-state index contributed by atoms with van der Waals surface area (Å²) < 4.78 is 5.22. The van der Waals surface area contributed by atoms with Gasteiger partial charge >= 0.3 is 0 Å². The summed E-state index contributed by atoms with van der Waals surface area (Å²) >= 11 is 0. The van der Waals surface area contributed by atoms with E-state index < -0.39 is 0 Å². The number of nitrogens with zero attached hydrogens (tertiary/aromatic N) is 1. The molecule has 0 aliphatic carbocycles. The highest BCUT2D eigenvalue weighted by Gasteiger charge is 2.05. The number of oxime groups is 1. The fourth-order valence-corrected chi connectivity index (χ4v) is 1.52. The molecule has 0 heterocycles. The largest absolute Gasteiger partial charge is 0.496 e. The SMILES string of the molecule is CCON=C(CC)c1ccc(OC)c(C)c1. The second kappa shape index (κ2) is 6.16. The highest BCUT2D eigenvalue weighted by atomic mass is 16.6. The Hall–Kier alpha value is -1.51. The maximum Gasteiger partial charge on any atom is 0.121 e. The fourth-order valence-electron chi connectivity index (χ4n) is 1.52. The van der Waals surface area contributed by atoms with Gasteiger partial charge in [0.2, 0.25) is 0 Å². The lowest BCUT2D eigenvalue weighted by atomic mass is 10.1. The average Bonchev–Trinajstić information content (AvgIpc) is 2.30. The molecule has 0 saturated carbocycles.